The van der Waals surface area contributed by atoms with E-state index in [1.165, 1.54) is 12.1 Å². The average molecular weight is 240 g/mol. The third-order valence-corrected chi connectivity index (χ3v) is 2.46. The lowest BCUT2D eigenvalue weighted by molar-refractivity contribution is 0.0923. The molecule has 0 saturated heterocycles. The minimum Gasteiger partial charge on any atom is -0.491 e. The molecule has 0 heterocycles. The SMILES string of the molecule is Cc1cc(F)ccc1OCCOCCC(C)C. The quantitative estimate of drug-likeness (QED) is 0.678. The zero-order chi connectivity index (χ0) is 12.7. The van der Waals surface area contributed by atoms with Gasteiger partial charge in [-0.3, -0.25) is 0 Å². The summed E-state index contributed by atoms with van der Waals surface area (Å²) in [6.45, 7) is 8.01. The predicted octanol–water partition coefficient (Wildman–Crippen LogP) is 3.58. The molecule has 0 radical (unpaired) electrons. The molecule has 96 valence electrons. The Kier molecular flexibility index (Phi) is 5.98. The molecule has 1 aromatic rings. The molecule has 0 aliphatic heterocycles. The monoisotopic (exact) mass is 240 g/mol. The highest BCUT2D eigenvalue weighted by Crippen LogP contribution is 2.18. The summed E-state index contributed by atoms with van der Waals surface area (Å²) in [5, 5.41) is 0. The molecule has 0 unspecified atom stereocenters. The van der Waals surface area contributed by atoms with Gasteiger partial charge in [-0.2, -0.15) is 0 Å². The predicted molar refractivity (Wildman–Crippen MR) is 66.9 cm³/mol. The van der Waals surface area contributed by atoms with Gasteiger partial charge >= 0.3 is 0 Å². The van der Waals surface area contributed by atoms with Gasteiger partial charge in [0.05, 0.1) is 6.61 Å². The zero-order valence-corrected chi connectivity index (χ0v) is 10.8. The third kappa shape index (κ3) is 5.68. The maximum Gasteiger partial charge on any atom is 0.123 e. The van der Waals surface area contributed by atoms with Gasteiger partial charge in [0.1, 0.15) is 18.2 Å². The Labute approximate surface area is 103 Å². The van der Waals surface area contributed by atoms with Gasteiger partial charge in [-0.15, -0.1) is 0 Å². The highest BCUT2D eigenvalue weighted by Gasteiger charge is 2.01. The highest BCUT2D eigenvalue weighted by molar-refractivity contribution is 5.32. The molecule has 0 spiro atoms. The highest BCUT2D eigenvalue weighted by atomic mass is 19.1. The molecule has 2 nitrogen and oxygen atoms in total. The maximum atomic E-state index is 12.8. The molecule has 3 heteroatoms. The Hall–Kier alpha value is -1.09. The number of rotatable bonds is 7. The molecule has 0 aromatic heterocycles. The van der Waals surface area contributed by atoms with E-state index in [0.29, 0.717) is 19.1 Å². The molecule has 0 amide bonds. The zero-order valence-electron chi connectivity index (χ0n) is 10.8. The van der Waals surface area contributed by atoms with Crippen LogP contribution in [0, 0.1) is 18.7 Å². The molecule has 0 N–H and O–H groups in total. The second-order valence-corrected chi connectivity index (χ2v) is 4.55. The third-order valence-electron chi connectivity index (χ3n) is 2.46. The van der Waals surface area contributed by atoms with Crippen molar-refractivity contribution in [2.45, 2.75) is 27.2 Å². The summed E-state index contributed by atoms with van der Waals surface area (Å²) in [4.78, 5) is 0. The van der Waals surface area contributed by atoms with E-state index in [9.17, 15) is 4.39 Å². The molecule has 1 aromatic carbocycles. The Bertz CT molecular complexity index is 337. The lowest BCUT2D eigenvalue weighted by Gasteiger charge is -2.10. The van der Waals surface area contributed by atoms with Gasteiger partial charge in [0, 0.05) is 6.61 Å². The first-order chi connectivity index (χ1) is 8.09. The Morgan fingerprint density at radius 3 is 2.59 bits per heavy atom. The first kappa shape index (κ1) is 14.0. The second kappa shape index (κ2) is 7.28. The normalized spacial score (nSPS) is 10.9. The van der Waals surface area contributed by atoms with E-state index in [1.54, 1.807) is 6.07 Å². The molecule has 0 aliphatic carbocycles. The molecule has 1 rings (SSSR count). The largest absolute Gasteiger partial charge is 0.491 e. The van der Waals surface area contributed by atoms with Crippen LogP contribution in [0.5, 0.6) is 5.75 Å². The van der Waals surface area contributed by atoms with Crippen LogP contribution in [-0.2, 0) is 4.74 Å². The van der Waals surface area contributed by atoms with Crippen LogP contribution in [-0.4, -0.2) is 19.8 Å². The first-order valence-electron chi connectivity index (χ1n) is 6.06. The summed E-state index contributed by atoms with van der Waals surface area (Å²) in [7, 11) is 0. The Morgan fingerprint density at radius 1 is 1.18 bits per heavy atom. The van der Waals surface area contributed by atoms with Gasteiger partial charge in [0.2, 0.25) is 0 Å². The van der Waals surface area contributed by atoms with Crippen molar-refractivity contribution in [2.24, 2.45) is 5.92 Å². The smallest absolute Gasteiger partial charge is 0.123 e. The van der Waals surface area contributed by atoms with E-state index in [1.807, 2.05) is 6.92 Å². The summed E-state index contributed by atoms with van der Waals surface area (Å²) in [6, 6.07) is 4.52. The van der Waals surface area contributed by atoms with Crippen molar-refractivity contribution in [3.05, 3.63) is 29.6 Å². The van der Waals surface area contributed by atoms with Gasteiger partial charge in [0.15, 0.2) is 0 Å². The van der Waals surface area contributed by atoms with Crippen molar-refractivity contribution < 1.29 is 13.9 Å². The number of hydrogen-bond donors (Lipinski definition) is 0. The van der Waals surface area contributed by atoms with E-state index < -0.39 is 0 Å². The average Bonchev–Trinajstić information content (AvgIpc) is 2.25. The van der Waals surface area contributed by atoms with E-state index in [-0.39, 0.29) is 5.82 Å². The van der Waals surface area contributed by atoms with Gasteiger partial charge < -0.3 is 9.47 Å². The Morgan fingerprint density at radius 2 is 1.94 bits per heavy atom. The van der Waals surface area contributed by atoms with E-state index in [4.69, 9.17) is 9.47 Å². The molecule has 0 bridgehead atoms. The van der Waals surface area contributed by atoms with Crippen LogP contribution in [0.15, 0.2) is 18.2 Å². The van der Waals surface area contributed by atoms with Gasteiger partial charge in [-0.25, -0.2) is 4.39 Å². The molecule has 0 saturated carbocycles. The minimum absolute atomic E-state index is 0.233. The summed E-state index contributed by atoms with van der Waals surface area (Å²) in [6.07, 6.45) is 1.07. The molecule has 0 aliphatic rings. The van der Waals surface area contributed by atoms with Crippen molar-refractivity contribution in [1.82, 2.24) is 0 Å². The van der Waals surface area contributed by atoms with Gasteiger partial charge in [-0.05, 0) is 43.0 Å². The van der Waals surface area contributed by atoms with E-state index >= 15 is 0 Å². The second-order valence-electron chi connectivity index (χ2n) is 4.55. The van der Waals surface area contributed by atoms with Crippen LogP contribution in [0.3, 0.4) is 0 Å². The molecule has 0 atom stereocenters. The summed E-state index contributed by atoms with van der Waals surface area (Å²) in [5.41, 5.74) is 0.812. The summed E-state index contributed by atoms with van der Waals surface area (Å²) < 4.78 is 23.8. The van der Waals surface area contributed by atoms with Crippen LogP contribution >= 0.6 is 0 Å². The maximum absolute atomic E-state index is 12.8. The molecule has 0 fully saturated rings. The van der Waals surface area contributed by atoms with Crippen LogP contribution < -0.4 is 4.74 Å². The fraction of sp³-hybridized carbons (Fsp3) is 0.571. The number of benzene rings is 1. The van der Waals surface area contributed by atoms with Crippen molar-refractivity contribution in [1.29, 1.82) is 0 Å². The van der Waals surface area contributed by atoms with E-state index in [2.05, 4.69) is 13.8 Å². The van der Waals surface area contributed by atoms with Crippen molar-refractivity contribution in [3.63, 3.8) is 0 Å². The summed E-state index contributed by atoms with van der Waals surface area (Å²) in [5.74, 6) is 1.15. The van der Waals surface area contributed by atoms with Crippen molar-refractivity contribution in [2.75, 3.05) is 19.8 Å². The fourth-order valence-electron chi connectivity index (χ4n) is 1.41. The lowest BCUT2D eigenvalue weighted by Crippen LogP contribution is -2.09. The number of aryl methyl sites for hydroxylation is 1. The van der Waals surface area contributed by atoms with Crippen molar-refractivity contribution in [3.8, 4) is 5.75 Å². The molecule has 17 heavy (non-hydrogen) atoms. The van der Waals surface area contributed by atoms with Gasteiger partial charge in [0.25, 0.3) is 0 Å². The standard InChI is InChI=1S/C14H21FO2/c1-11(2)6-7-16-8-9-17-14-5-4-13(15)10-12(14)3/h4-5,10-11H,6-9H2,1-3H3. The number of halogens is 1. The van der Waals surface area contributed by atoms with Crippen LogP contribution in [0.4, 0.5) is 4.39 Å². The minimum atomic E-state index is -0.233. The van der Waals surface area contributed by atoms with Gasteiger partial charge in [-0.1, -0.05) is 13.8 Å². The summed E-state index contributed by atoms with van der Waals surface area (Å²) >= 11 is 0. The Balaban J connectivity index is 2.18. The number of hydrogen-bond acceptors (Lipinski definition) is 2. The number of ether oxygens (including phenoxy) is 2. The van der Waals surface area contributed by atoms with Crippen LogP contribution in [0.1, 0.15) is 25.8 Å². The fourth-order valence-corrected chi connectivity index (χ4v) is 1.41. The van der Waals surface area contributed by atoms with Crippen LogP contribution in [0.25, 0.3) is 0 Å². The molecular formula is C14H21FO2. The van der Waals surface area contributed by atoms with Crippen molar-refractivity contribution >= 4 is 0 Å². The first-order valence-corrected chi connectivity index (χ1v) is 6.06. The van der Waals surface area contributed by atoms with E-state index in [0.717, 1.165) is 24.3 Å². The lowest BCUT2D eigenvalue weighted by atomic mass is 10.1. The van der Waals surface area contributed by atoms with Crippen LogP contribution in [0.2, 0.25) is 0 Å². The molecular weight excluding hydrogens is 219 g/mol. The topological polar surface area (TPSA) is 18.5 Å².